The summed E-state index contributed by atoms with van der Waals surface area (Å²) in [5, 5.41) is 15.2. The van der Waals surface area contributed by atoms with Crippen molar-refractivity contribution < 1.29 is 4.79 Å². The van der Waals surface area contributed by atoms with Crippen LogP contribution in [0.25, 0.3) is 0 Å². The van der Waals surface area contributed by atoms with Crippen molar-refractivity contribution in [3.8, 4) is 0 Å². The molecule has 1 aromatic carbocycles. The van der Waals surface area contributed by atoms with Gasteiger partial charge in [0.2, 0.25) is 5.91 Å². The molecule has 3 aromatic rings. The highest BCUT2D eigenvalue weighted by molar-refractivity contribution is 5.93. The van der Waals surface area contributed by atoms with Crippen LogP contribution < -0.4 is 10.6 Å². The quantitative estimate of drug-likeness (QED) is 0.689. The minimum Gasteiger partial charge on any atom is -0.315 e. The largest absolute Gasteiger partial charge is 0.315 e. The van der Waals surface area contributed by atoms with Gasteiger partial charge in [0.25, 0.3) is 0 Å². The van der Waals surface area contributed by atoms with Crippen molar-refractivity contribution in [2.75, 3.05) is 18.4 Å². The van der Waals surface area contributed by atoms with Gasteiger partial charge in [0.1, 0.15) is 5.82 Å². The number of hydrogen-bond donors (Lipinski definition) is 2. The van der Waals surface area contributed by atoms with E-state index in [0.29, 0.717) is 13.1 Å². The van der Waals surface area contributed by atoms with E-state index in [9.17, 15) is 4.79 Å². The molecule has 7 nitrogen and oxygen atoms in total. The smallest absolute Gasteiger partial charge is 0.230 e. The molecule has 3 heterocycles. The Hall–Kier alpha value is -2.64. The van der Waals surface area contributed by atoms with Crippen LogP contribution in [0.15, 0.2) is 48.8 Å². The molecule has 148 valence electrons. The molecular formula is C20H25ClN6O. The summed E-state index contributed by atoms with van der Waals surface area (Å²) >= 11 is 0. The van der Waals surface area contributed by atoms with Crippen LogP contribution in [0.4, 0.5) is 5.82 Å². The zero-order valence-corrected chi connectivity index (χ0v) is 16.8. The van der Waals surface area contributed by atoms with Crippen molar-refractivity contribution in [3.63, 3.8) is 0 Å². The first-order valence-electron chi connectivity index (χ1n) is 9.18. The fraction of sp³-hybridized carbons (Fsp3) is 0.350. The Morgan fingerprint density at radius 3 is 2.79 bits per heavy atom. The van der Waals surface area contributed by atoms with Gasteiger partial charge in [-0.1, -0.05) is 30.3 Å². The average molecular weight is 401 g/mol. The number of amides is 1. The maximum Gasteiger partial charge on any atom is 0.230 e. The Bertz CT molecular complexity index is 935. The summed E-state index contributed by atoms with van der Waals surface area (Å²) in [7, 11) is 1.89. The third-order valence-electron chi connectivity index (χ3n) is 5.03. The van der Waals surface area contributed by atoms with Crippen molar-refractivity contribution in [2.24, 2.45) is 13.0 Å². The number of benzene rings is 1. The van der Waals surface area contributed by atoms with Crippen LogP contribution >= 0.6 is 12.4 Å². The Kier molecular flexibility index (Phi) is 6.16. The van der Waals surface area contributed by atoms with E-state index in [1.807, 2.05) is 55.3 Å². The predicted octanol–water partition coefficient (Wildman–Crippen LogP) is 2.34. The van der Waals surface area contributed by atoms with Gasteiger partial charge >= 0.3 is 0 Å². The van der Waals surface area contributed by atoms with Crippen LogP contribution in [0.3, 0.4) is 0 Å². The molecule has 0 radical (unpaired) electrons. The van der Waals surface area contributed by atoms with Crippen LogP contribution in [-0.2, 0) is 18.4 Å². The molecule has 1 amide bonds. The molecule has 1 saturated heterocycles. The highest BCUT2D eigenvalue weighted by Gasteiger charge is 2.35. The summed E-state index contributed by atoms with van der Waals surface area (Å²) in [6.07, 6.45) is 3.84. The molecule has 28 heavy (non-hydrogen) atoms. The Morgan fingerprint density at radius 2 is 2.07 bits per heavy atom. The summed E-state index contributed by atoms with van der Waals surface area (Å²) < 4.78 is 3.63. The molecular weight excluding hydrogens is 376 g/mol. The molecule has 8 heteroatoms. The van der Waals surface area contributed by atoms with E-state index in [2.05, 4.69) is 33.0 Å². The first-order chi connectivity index (χ1) is 13.1. The van der Waals surface area contributed by atoms with Gasteiger partial charge in [-0.25, -0.2) is 4.68 Å². The number of hydrogen-bond acceptors (Lipinski definition) is 4. The second kappa shape index (κ2) is 8.58. The van der Waals surface area contributed by atoms with Crippen LogP contribution in [0.5, 0.6) is 0 Å². The van der Waals surface area contributed by atoms with Crippen molar-refractivity contribution in [1.82, 2.24) is 24.9 Å². The van der Waals surface area contributed by atoms with Crippen LogP contribution in [0.2, 0.25) is 0 Å². The number of anilines is 1. The third-order valence-corrected chi connectivity index (χ3v) is 5.03. The highest BCUT2D eigenvalue weighted by Crippen LogP contribution is 2.29. The lowest BCUT2D eigenvalue weighted by molar-refractivity contribution is -0.119. The lowest BCUT2D eigenvalue weighted by Crippen LogP contribution is -2.29. The van der Waals surface area contributed by atoms with Crippen molar-refractivity contribution in [3.05, 3.63) is 65.6 Å². The first kappa shape index (κ1) is 20.1. The highest BCUT2D eigenvalue weighted by atomic mass is 35.5. The summed E-state index contributed by atoms with van der Waals surface area (Å²) in [5.74, 6) is 0.751. The minimum atomic E-state index is -0.130. The molecule has 4 rings (SSSR count). The average Bonchev–Trinajstić information content (AvgIpc) is 3.36. The summed E-state index contributed by atoms with van der Waals surface area (Å²) in [5.41, 5.74) is 3.12. The monoisotopic (exact) mass is 400 g/mol. The van der Waals surface area contributed by atoms with E-state index in [4.69, 9.17) is 0 Å². The number of carbonyl (C=O) groups is 1. The minimum absolute atomic E-state index is 0. The van der Waals surface area contributed by atoms with E-state index in [1.165, 1.54) is 0 Å². The van der Waals surface area contributed by atoms with Crippen molar-refractivity contribution >= 4 is 24.1 Å². The van der Waals surface area contributed by atoms with Gasteiger partial charge in [0, 0.05) is 38.3 Å². The second-order valence-corrected chi connectivity index (χ2v) is 7.12. The summed E-state index contributed by atoms with van der Waals surface area (Å²) in [6.45, 7) is 4.01. The zero-order chi connectivity index (χ0) is 18.8. The summed E-state index contributed by atoms with van der Waals surface area (Å²) in [6, 6.07) is 12.0. The molecule has 2 atom stereocenters. The van der Waals surface area contributed by atoms with E-state index in [-0.39, 0.29) is 30.2 Å². The first-order valence-corrected chi connectivity index (χ1v) is 9.18. The zero-order valence-electron chi connectivity index (χ0n) is 16.0. The van der Waals surface area contributed by atoms with Gasteiger partial charge in [0.05, 0.1) is 24.4 Å². The van der Waals surface area contributed by atoms with Gasteiger partial charge < -0.3 is 10.6 Å². The van der Waals surface area contributed by atoms with Crippen molar-refractivity contribution in [1.29, 1.82) is 0 Å². The molecule has 2 aromatic heterocycles. The van der Waals surface area contributed by atoms with E-state index >= 15 is 0 Å². The molecule has 1 aliphatic rings. The van der Waals surface area contributed by atoms with Gasteiger partial charge in [-0.3, -0.25) is 9.48 Å². The fourth-order valence-electron chi connectivity index (χ4n) is 3.68. The molecule has 0 bridgehead atoms. The number of aromatic nitrogens is 4. The van der Waals surface area contributed by atoms with E-state index < -0.39 is 0 Å². The lowest BCUT2D eigenvalue weighted by atomic mass is 9.90. The number of nitrogens with zero attached hydrogens (tertiary/aromatic N) is 4. The molecule has 0 unspecified atom stereocenters. The number of aryl methyl sites for hydroxylation is 2. The Balaban J connectivity index is 0.00000225. The molecule has 0 saturated carbocycles. The fourth-order valence-corrected chi connectivity index (χ4v) is 3.68. The van der Waals surface area contributed by atoms with Gasteiger partial charge in [-0.15, -0.1) is 12.4 Å². The van der Waals surface area contributed by atoms with Gasteiger partial charge in [0.15, 0.2) is 0 Å². The van der Waals surface area contributed by atoms with Crippen LogP contribution in [-0.4, -0.2) is 38.6 Å². The Morgan fingerprint density at radius 1 is 1.29 bits per heavy atom. The van der Waals surface area contributed by atoms with Crippen LogP contribution in [0.1, 0.15) is 22.7 Å². The van der Waals surface area contributed by atoms with E-state index in [1.54, 1.807) is 4.68 Å². The van der Waals surface area contributed by atoms with Crippen molar-refractivity contribution in [2.45, 2.75) is 19.4 Å². The van der Waals surface area contributed by atoms with E-state index in [0.717, 1.165) is 29.2 Å². The molecule has 1 aliphatic heterocycles. The topological polar surface area (TPSA) is 76.8 Å². The van der Waals surface area contributed by atoms with Crippen LogP contribution in [0, 0.1) is 12.8 Å². The Labute approximate surface area is 170 Å². The lowest BCUT2D eigenvalue weighted by Gasteiger charge is -2.17. The molecule has 2 N–H and O–H groups in total. The number of nitrogens with one attached hydrogen (secondary N) is 2. The number of rotatable bonds is 5. The maximum absolute atomic E-state index is 13.0. The normalized spacial score (nSPS) is 18.6. The molecule has 0 aliphatic carbocycles. The SMILES string of the molecule is Cc1cc(NC(=O)[C@H]2CNC[C@@H]2c2cnn(C)c2)n(Cc2ccccc2)n1.Cl. The van der Waals surface area contributed by atoms with Gasteiger partial charge in [-0.05, 0) is 18.1 Å². The predicted molar refractivity (Wildman–Crippen MR) is 111 cm³/mol. The standard InChI is InChI=1S/C20H24N6O.ClH/c1-14-8-19(26(24-14)12-15-6-4-3-5-7-15)23-20(27)18-11-21-10-17(18)16-9-22-25(2)13-16;/h3-9,13,17-18,21H,10-12H2,1-2H3,(H,23,27);1H/t17-,18+;/m1./s1. The third kappa shape index (κ3) is 4.26. The number of halogens is 1. The summed E-state index contributed by atoms with van der Waals surface area (Å²) in [4.78, 5) is 13.0. The second-order valence-electron chi connectivity index (χ2n) is 7.12. The van der Waals surface area contributed by atoms with Gasteiger partial charge in [-0.2, -0.15) is 10.2 Å². The maximum atomic E-state index is 13.0. The number of carbonyl (C=O) groups excluding carboxylic acids is 1. The molecule has 0 spiro atoms. The molecule has 1 fully saturated rings.